The fraction of sp³-hybridized carbons (Fsp3) is 0.500. The number of ether oxygens (including phenoxy) is 1. The third kappa shape index (κ3) is 11.2. The van der Waals surface area contributed by atoms with Gasteiger partial charge in [-0.15, -0.1) is 0 Å². The van der Waals surface area contributed by atoms with Crippen LogP contribution in [-0.4, -0.2) is 48.2 Å². The molecule has 2 aromatic rings. The number of hydrogen-bond donors (Lipinski definition) is 3. The number of rotatable bonds is 8. The van der Waals surface area contributed by atoms with Gasteiger partial charge in [0.2, 0.25) is 11.8 Å². The number of benzene rings is 2. The minimum Gasteiger partial charge on any atom is -0.463 e. The van der Waals surface area contributed by atoms with Crippen molar-refractivity contribution in [2.24, 2.45) is 17.3 Å². The van der Waals surface area contributed by atoms with Crippen molar-refractivity contribution >= 4 is 17.8 Å². The molecular weight excluding hydrogens is 516 g/mol. The van der Waals surface area contributed by atoms with E-state index in [9.17, 15) is 19.5 Å². The van der Waals surface area contributed by atoms with E-state index in [1.54, 1.807) is 0 Å². The molecule has 1 heterocycles. The van der Waals surface area contributed by atoms with Gasteiger partial charge in [-0.25, -0.2) is 0 Å². The second kappa shape index (κ2) is 16.1. The van der Waals surface area contributed by atoms with Crippen LogP contribution in [-0.2, 0) is 32.0 Å². The molecule has 0 spiro atoms. The lowest BCUT2D eigenvalue weighted by Crippen LogP contribution is -2.50. The highest BCUT2D eigenvalue weighted by Crippen LogP contribution is 2.24. The lowest BCUT2D eigenvalue weighted by Gasteiger charge is -2.33. The van der Waals surface area contributed by atoms with Gasteiger partial charge in [-0.2, -0.15) is 0 Å². The number of cyclic esters (lactones) is 1. The maximum atomic E-state index is 13.5. The molecule has 4 atom stereocenters. The number of carbonyl (C=O) groups is 3. The molecule has 7 heteroatoms. The van der Waals surface area contributed by atoms with Gasteiger partial charge in [0, 0.05) is 6.42 Å². The average Bonchev–Trinajstić information content (AvgIpc) is 2.95. The van der Waals surface area contributed by atoms with Gasteiger partial charge < -0.3 is 20.5 Å². The predicted octanol–water partition coefficient (Wildman–Crippen LogP) is 4.78. The van der Waals surface area contributed by atoms with Crippen LogP contribution in [0.2, 0.25) is 0 Å². The molecule has 2 amide bonds. The van der Waals surface area contributed by atoms with Gasteiger partial charge >= 0.3 is 5.97 Å². The molecule has 0 saturated carbocycles. The molecule has 222 valence electrons. The normalized spacial score (nSPS) is 21.7. The first kappa shape index (κ1) is 32.1. The Morgan fingerprint density at radius 3 is 2.29 bits per heavy atom. The van der Waals surface area contributed by atoms with Crippen LogP contribution in [0.25, 0.3) is 0 Å². The Bertz CT molecular complexity index is 1130. The Labute approximate surface area is 244 Å². The summed E-state index contributed by atoms with van der Waals surface area (Å²) >= 11 is 0. The second-order valence-corrected chi connectivity index (χ2v) is 12.1. The number of carbonyl (C=O) groups excluding carboxylic acids is 3. The van der Waals surface area contributed by atoms with E-state index in [4.69, 9.17) is 4.74 Å². The molecule has 3 rings (SSSR count). The van der Waals surface area contributed by atoms with Gasteiger partial charge in [0.15, 0.2) is 0 Å². The molecule has 0 bridgehead atoms. The summed E-state index contributed by atoms with van der Waals surface area (Å²) in [6, 6.07) is 18.8. The van der Waals surface area contributed by atoms with Crippen molar-refractivity contribution in [2.75, 3.05) is 13.2 Å². The number of aliphatic hydroxyl groups excluding tert-OH is 1. The first-order valence-corrected chi connectivity index (χ1v) is 14.8. The number of aliphatic hydroxyl groups is 1. The van der Waals surface area contributed by atoms with Gasteiger partial charge in [-0.1, -0.05) is 93.6 Å². The van der Waals surface area contributed by atoms with Gasteiger partial charge in [-0.3, -0.25) is 14.4 Å². The molecule has 0 fully saturated rings. The van der Waals surface area contributed by atoms with E-state index >= 15 is 0 Å². The Hall–Kier alpha value is -3.45. The molecule has 1 aliphatic heterocycles. The van der Waals surface area contributed by atoms with Crippen LogP contribution in [0.5, 0.6) is 0 Å². The Morgan fingerprint density at radius 2 is 1.66 bits per heavy atom. The Kier molecular flexibility index (Phi) is 12.6. The van der Waals surface area contributed by atoms with Gasteiger partial charge in [0.25, 0.3) is 0 Å². The molecule has 2 aromatic carbocycles. The summed E-state index contributed by atoms with van der Waals surface area (Å²) in [5, 5.41) is 15.8. The minimum atomic E-state index is -0.586. The first-order chi connectivity index (χ1) is 19.7. The highest BCUT2D eigenvalue weighted by molar-refractivity contribution is 5.86. The maximum absolute atomic E-state index is 13.5. The molecule has 0 radical (unpaired) electrons. The van der Waals surface area contributed by atoms with Gasteiger partial charge in [0.1, 0.15) is 6.61 Å². The van der Waals surface area contributed by atoms with Crippen molar-refractivity contribution in [3.63, 3.8) is 0 Å². The molecule has 3 N–H and O–H groups in total. The molecule has 0 saturated heterocycles. The fourth-order valence-corrected chi connectivity index (χ4v) is 5.00. The van der Waals surface area contributed by atoms with E-state index in [1.807, 2.05) is 93.6 Å². The molecular formula is C34H46N2O5. The van der Waals surface area contributed by atoms with Crippen LogP contribution < -0.4 is 10.6 Å². The molecule has 0 aliphatic carbocycles. The topological polar surface area (TPSA) is 105 Å². The molecule has 1 aliphatic rings. The van der Waals surface area contributed by atoms with Crippen LogP contribution >= 0.6 is 0 Å². The summed E-state index contributed by atoms with van der Waals surface area (Å²) in [7, 11) is 0. The van der Waals surface area contributed by atoms with Gasteiger partial charge in [-0.05, 0) is 55.1 Å². The largest absolute Gasteiger partial charge is 0.463 e. The zero-order valence-corrected chi connectivity index (χ0v) is 24.7. The summed E-state index contributed by atoms with van der Waals surface area (Å²) in [5.41, 5.74) is 1.74. The molecule has 7 nitrogen and oxygen atoms in total. The van der Waals surface area contributed by atoms with Crippen LogP contribution in [0.15, 0.2) is 72.8 Å². The lowest BCUT2D eigenvalue weighted by atomic mass is 9.86. The average molecular weight is 563 g/mol. The highest BCUT2D eigenvalue weighted by atomic mass is 16.5. The smallest absolute Gasteiger partial charge is 0.309 e. The van der Waals surface area contributed by atoms with Crippen molar-refractivity contribution in [1.82, 2.24) is 10.6 Å². The number of nitrogens with one attached hydrogen (secondary N) is 2. The van der Waals surface area contributed by atoms with Gasteiger partial charge in [0.05, 0.1) is 30.5 Å². The third-order valence-corrected chi connectivity index (χ3v) is 7.64. The van der Waals surface area contributed by atoms with Crippen molar-refractivity contribution in [3.05, 3.63) is 83.9 Å². The molecule has 41 heavy (non-hydrogen) atoms. The molecule has 0 aromatic heterocycles. The zero-order chi connectivity index (χ0) is 29.7. The second-order valence-electron chi connectivity index (χ2n) is 12.1. The SMILES string of the molecule is CC(C)(C)C1COC(=O)C(Cc2ccccc2)CCCC=CCC(CC(=O)NC(CO)Cc2ccccc2)C(=O)N1. The van der Waals surface area contributed by atoms with E-state index in [0.29, 0.717) is 25.7 Å². The monoisotopic (exact) mass is 562 g/mol. The third-order valence-electron chi connectivity index (χ3n) is 7.64. The Morgan fingerprint density at radius 1 is 1.00 bits per heavy atom. The van der Waals surface area contributed by atoms with E-state index in [-0.39, 0.29) is 48.8 Å². The molecule has 4 unspecified atom stereocenters. The summed E-state index contributed by atoms with van der Waals surface area (Å²) < 4.78 is 5.82. The van der Waals surface area contributed by atoms with Crippen LogP contribution in [0, 0.1) is 17.3 Å². The van der Waals surface area contributed by atoms with E-state index < -0.39 is 18.0 Å². The Balaban J connectivity index is 1.70. The van der Waals surface area contributed by atoms with E-state index in [2.05, 4.69) is 10.6 Å². The quantitative estimate of drug-likeness (QED) is 0.317. The van der Waals surface area contributed by atoms with Crippen molar-refractivity contribution in [2.45, 2.75) is 77.8 Å². The summed E-state index contributed by atoms with van der Waals surface area (Å²) in [6.45, 7) is 5.85. The number of esters is 1. The van der Waals surface area contributed by atoms with Crippen molar-refractivity contribution in [3.8, 4) is 0 Å². The summed E-state index contributed by atoms with van der Waals surface area (Å²) in [6.07, 6.45) is 7.84. The standard InChI is InChI=1S/C34H46N2O5/c1-34(2,3)30-24-41-33(40)28(20-25-14-8-6-9-15-25)19-13-5-4-12-18-27(32(39)36-30)22-31(38)35-29(23-37)21-26-16-10-7-11-17-26/h4,6-12,14-17,27-30,37H,5,13,18-24H2,1-3H3,(H,35,38)(H,36,39). The van der Waals surface area contributed by atoms with Crippen LogP contribution in [0.3, 0.4) is 0 Å². The summed E-state index contributed by atoms with van der Waals surface area (Å²) in [4.78, 5) is 39.7. The van der Waals surface area contributed by atoms with E-state index in [0.717, 1.165) is 24.0 Å². The fourth-order valence-electron chi connectivity index (χ4n) is 5.00. The van der Waals surface area contributed by atoms with E-state index in [1.165, 1.54) is 0 Å². The lowest BCUT2D eigenvalue weighted by molar-refractivity contribution is -0.151. The zero-order valence-electron chi connectivity index (χ0n) is 24.7. The number of amides is 2. The number of hydrogen-bond acceptors (Lipinski definition) is 5. The minimum absolute atomic E-state index is 0.00271. The van der Waals surface area contributed by atoms with Crippen LogP contribution in [0.4, 0.5) is 0 Å². The summed E-state index contributed by atoms with van der Waals surface area (Å²) in [5.74, 6) is -1.62. The maximum Gasteiger partial charge on any atom is 0.309 e. The van der Waals surface area contributed by atoms with Crippen LogP contribution in [0.1, 0.15) is 64.0 Å². The van der Waals surface area contributed by atoms with Crippen molar-refractivity contribution < 1.29 is 24.2 Å². The van der Waals surface area contributed by atoms with Crippen molar-refractivity contribution in [1.29, 1.82) is 0 Å². The first-order valence-electron chi connectivity index (χ1n) is 14.8. The number of allylic oxidation sites excluding steroid dienone is 2. The predicted molar refractivity (Wildman–Crippen MR) is 161 cm³/mol. The highest BCUT2D eigenvalue weighted by Gasteiger charge is 2.32.